The average molecular weight is 486 g/mol. The summed E-state index contributed by atoms with van der Waals surface area (Å²) in [7, 11) is 3.31. The first-order valence-electron chi connectivity index (χ1n) is 11.6. The average Bonchev–Trinajstić information content (AvgIpc) is 3.35. The van der Waals surface area contributed by atoms with Crippen molar-refractivity contribution >= 4 is 23.4 Å². The number of ether oxygens (including phenoxy) is 2. The fourth-order valence-electron chi connectivity index (χ4n) is 4.29. The molecular formula is C28H27N3O3S. The number of benzene rings is 3. The second kappa shape index (κ2) is 10.3. The summed E-state index contributed by atoms with van der Waals surface area (Å²) in [5.41, 5.74) is 5.04. The summed E-state index contributed by atoms with van der Waals surface area (Å²) < 4.78 is 12.6. The van der Waals surface area contributed by atoms with Gasteiger partial charge in [0.05, 0.1) is 25.7 Å². The number of carbonyl (C=O) groups is 1. The minimum absolute atomic E-state index is 0.0948. The van der Waals surface area contributed by atoms with Gasteiger partial charge in [-0.1, -0.05) is 30.0 Å². The van der Waals surface area contributed by atoms with Crippen molar-refractivity contribution < 1.29 is 14.3 Å². The molecule has 1 amide bonds. The molecule has 3 aromatic carbocycles. The van der Waals surface area contributed by atoms with Crippen LogP contribution in [0.5, 0.6) is 11.5 Å². The smallest absolute Gasteiger partial charge is 0.237 e. The highest BCUT2D eigenvalue weighted by atomic mass is 32.2. The van der Waals surface area contributed by atoms with Crippen LogP contribution in [0.2, 0.25) is 0 Å². The number of hydrogen-bond acceptors (Lipinski definition) is 5. The van der Waals surface area contributed by atoms with Crippen LogP contribution >= 0.6 is 11.8 Å². The molecule has 0 N–H and O–H groups in total. The predicted molar refractivity (Wildman–Crippen MR) is 140 cm³/mol. The van der Waals surface area contributed by atoms with Gasteiger partial charge in [0.1, 0.15) is 11.5 Å². The fraction of sp³-hybridized carbons (Fsp3) is 0.214. The number of aromatic nitrogens is 2. The molecule has 6 nitrogen and oxygen atoms in total. The predicted octanol–water partition coefficient (Wildman–Crippen LogP) is 5.63. The number of methoxy groups -OCH3 is 2. The van der Waals surface area contributed by atoms with Crippen LogP contribution in [0.4, 0.5) is 5.69 Å². The lowest BCUT2D eigenvalue weighted by Crippen LogP contribution is -2.36. The molecule has 4 aromatic rings. The topological polar surface area (TPSA) is 56.6 Å². The van der Waals surface area contributed by atoms with Gasteiger partial charge in [-0.05, 0) is 73.0 Å². The number of carbonyl (C=O) groups excluding carboxylic acids is 1. The Hall–Kier alpha value is -3.71. The molecule has 1 aliphatic heterocycles. The number of amides is 1. The third-order valence-corrected chi connectivity index (χ3v) is 7.08. The zero-order chi connectivity index (χ0) is 24.2. The van der Waals surface area contributed by atoms with Crippen molar-refractivity contribution in [3.8, 4) is 28.4 Å². The first kappa shape index (κ1) is 23.1. The number of para-hydroxylation sites is 1. The van der Waals surface area contributed by atoms with E-state index >= 15 is 0 Å². The second-order valence-electron chi connectivity index (χ2n) is 8.27. The van der Waals surface area contributed by atoms with Crippen LogP contribution < -0.4 is 14.4 Å². The first-order chi connectivity index (χ1) is 17.2. The van der Waals surface area contributed by atoms with E-state index in [9.17, 15) is 4.79 Å². The van der Waals surface area contributed by atoms with E-state index in [-0.39, 0.29) is 5.91 Å². The maximum Gasteiger partial charge on any atom is 0.237 e. The molecule has 0 unspecified atom stereocenters. The standard InChI is InChI=1S/C28H27N3O3S/c1-33-23-13-9-20(10-14-23)25-18-31(22-11-15-24(34-2)16-12-22)28(29-25)35-19-27(32)30-17-5-7-21-6-3-4-8-26(21)30/h3-4,6,8-16,18H,5,7,17,19H2,1-2H3. The lowest BCUT2D eigenvalue weighted by atomic mass is 10.0. The summed E-state index contributed by atoms with van der Waals surface area (Å²) in [6.07, 6.45) is 4.00. The van der Waals surface area contributed by atoms with Gasteiger partial charge in [-0.15, -0.1) is 0 Å². The zero-order valence-electron chi connectivity index (χ0n) is 19.8. The van der Waals surface area contributed by atoms with E-state index in [2.05, 4.69) is 6.07 Å². The summed E-state index contributed by atoms with van der Waals surface area (Å²) in [5.74, 6) is 1.99. The van der Waals surface area contributed by atoms with E-state index in [4.69, 9.17) is 14.5 Å². The second-order valence-corrected chi connectivity index (χ2v) is 9.21. The number of fused-ring (bicyclic) bond motifs is 1. The van der Waals surface area contributed by atoms with Gasteiger partial charge in [0, 0.05) is 29.7 Å². The van der Waals surface area contributed by atoms with Gasteiger partial charge >= 0.3 is 0 Å². The molecule has 0 spiro atoms. The summed E-state index contributed by atoms with van der Waals surface area (Å²) in [6.45, 7) is 0.750. The van der Waals surface area contributed by atoms with Crippen LogP contribution in [0.25, 0.3) is 16.9 Å². The van der Waals surface area contributed by atoms with Crippen LogP contribution in [0.1, 0.15) is 12.0 Å². The Morgan fingerprint density at radius 3 is 2.34 bits per heavy atom. The Bertz CT molecular complexity index is 1320. The molecule has 0 fully saturated rings. The SMILES string of the molecule is COc1ccc(-c2cn(-c3ccc(OC)cc3)c(SCC(=O)N3CCCc4ccccc43)n2)cc1. The molecule has 0 saturated carbocycles. The molecule has 0 radical (unpaired) electrons. The normalized spacial score (nSPS) is 12.8. The minimum Gasteiger partial charge on any atom is -0.497 e. The highest BCUT2D eigenvalue weighted by Gasteiger charge is 2.23. The van der Waals surface area contributed by atoms with Crippen LogP contribution in [0.15, 0.2) is 84.1 Å². The third-order valence-electron chi connectivity index (χ3n) is 6.15. The van der Waals surface area contributed by atoms with Crippen molar-refractivity contribution in [1.82, 2.24) is 9.55 Å². The van der Waals surface area contributed by atoms with E-state index < -0.39 is 0 Å². The Balaban J connectivity index is 1.42. The van der Waals surface area contributed by atoms with Gasteiger partial charge in [-0.2, -0.15) is 0 Å². The lowest BCUT2D eigenvalue weighted by molar-refractivity contribution is -0.116. The number of thioether (sulfide) groups is 1. The Kier molecular flexibility index (Phi) is 6.77. The molecule has 0 atom stereocenters. The number of hydrogen-bond donors (Lipinski definition) is 0. The number of imidazole rings is 1. The highest BCUT2D eigenvalue weighted by molar-refractivity contribution is 7.99. The molecule has 1 aliphatic rings. The monoisotopic (exact) mass is 485 g/mol. The van der Waals surface area contributed by atoms with E-state index in [0.717, 1.165) is 58.7 Å². The highest BCUT2D eigenvalue weighted by Crippen LogP contribution is 2.31. The molecule has 0 saturated heterocycles. The van der Waals surface area contributed by atoms with Crippen LogP contribution in [0, 0.1) is 0 Å². The van der Waals surface area contributed by atoms with Gasteiger partial charge in [0.2, 0.25) is 5.91 Å². The molecule has 178 valence electrons. The molecule has 0 bridgehead atoms. The Morgan fingerprint density at radius 1 is 0.943 bits per heavy atom. The van der Waals surface area contributed by atoms with E-state index in [1.165, 1.54) is 17.3 Å². The number of nitrogens with zero attached hydrogens (tertiary/aromatic N) is 3. The fourth-order valence-corrected chi connectivity index (χ4v) is 5.16. The Morgan fingerprint density at radius 2 is 1.63 bits per heavy atom. The summed E-state index contributed by atoms with van der Waals surface area (Å²) in [5, 5.41) is 0.764. The first-order valence-corrected chi connectivity index (χ1v) is 12.5. The molecule has 35 heavy (non-hydrogen) atoms. The van der Waals surface area contributed by atoms with Gasteiger partial charge in [-0.25, -0.2) is 4.98 Å². The zero-order valence-corrected chi connectivity index (χ0v) is 20.6. The van der Waals surface area contributed by atoms with Gasteiger partial charge in [0.25, 0.3) is 0 Å². The molecule has 1 aromatic heterocycles. The van der Waals surface area contributed by atoms with Crippen LogP contribution in [-0.2, 0) is 11.2 Å². The van der Waals surface area contributed by atoms with E-state index in [1.807, 2.05) is 82.4 Å². The van der Waals surface area contributed by atoms with Crippen molar-refractivity contribution in [2.75, 3.05) is 31.4 Å². The van der Waals surface area contributed by atoms with Gasteiger partial charge < -0.3 is 14.4 Å². The van der Waals surface area contributed by atoms with Crippen molar-refractivity contribution in [2.24, 2.45) is 0 Å². The summed E-state index contributed by atoms with van der Waals surface area (Å²) in [4.78, 5) is 20.1. The van der Waals surface area contributed by atoms with E-state index in [0.29, 0.717) is 5.75 Å². The lowest BCUT2D eigenvalue weighted by Gasteiger charge is -2.29. The molecule has 2 heterocycles. The number of aryl methyl sites for hydroxylation is 1. The third kappa shape index (κ3) is 4.91. The van der Waals surface area contributed by atoms with Crippen molar-refractivity contribution in [3.63, 3.8) is 0 Å². The summed E-state index contributed by atoms with van der Waals surface area (Å²) >= 11 is 1.46. The van der Waals surface area contributed by atoms with Crippen LogP contribution in [0.3, 0.4) is 0 Å². The largest absolute Gasteiger partial charge is 0.497 e. The Labute approximate surface area is 209 Å². The quantitative estimate of drug-likeness (QED) is 0.318. The molecule has 0 aliphatic carbocycles. The number of rotatable bonds is 7. The maximum atomic E-state index is 13.3. The molecule has 5 rings (SSSR count). The molecule has 7 heteroatoms. The van der Waals surface area contributed by atoms with Crippen molar-refractivity contribution in [3.05, 3.63) is 84.6 Å². The summed E-state index contributed by atoms with van der Waals surface area (Å²) in [6, 6.07) is 23.8. The van der Waals surface area contributed by atoms with Gasteiger partial charge in [0.15, 0.2) is 5.16 Å². The van der Waals surface area contributed by atoms with Crippen molar-refractivity contribution in [1.29, 1.82) is 0 Å². The van der Waals surface area contributed by atoms with Crippen LogP contribution in [-0.4, -0.2) is 42.0 Å². The van der Waals surface area contributed by atoms with Crippen molar-refractivity contribution in [2.45, 2.75) is 18.0 Å². The molecular weight excluding hydrogens is 458 g/mol. The maximum absolute atomic E-state index is 13.3. The number of anilines is 1. The van der Waals surface area contributed by atoms with Gasteiger partial charge in [-0.3, -0.25) is 9.36 Å². The van der Waals surface area contributed by atoms with E-state index in [1.54, 1.807) is 14.2 Å². The minimum atomic E-state index is 0.0948.